The number of alkyl halides is 2. The highest BCUT2D eigenvalue weighted by Gasteiger charge is 2.45. The van der Waals surface area contributed by atoms with E-state index in [0.717, 1.165) is 61.9 Å². The average molecular weight is 577 g/mol. The summed E-state index contributed by atoms with van der Waals surface area (Å²) in [5.41, 5.74) is 1.69. The Bertz CT molecular complexity index is 1070. The first-order valence-electron chi connectivity index (χ1n) is 15.0. The zero-order valence-electron chi connectivity index (χ0n) is 23.3. The van der Waals surface area contributed by atoms with Gasteiger partial charge in [0.25, 0.3) is 5.91 Å². The fourth-order valence-electron chi connectivity index (χ4n) is 6.49. The molecule has 3 aliphatic heterocycles. The van der Waals surface area contributed by atoms with E-state index in [1.807, 2.05) is 12.1 Å². The van der Waals surface area contributed by atoms with Gasteiger partial charge in [0.1, 0.15) is 6.04 Å². The molecule has 1 N–H and O–H groups in total. The second-order valence-corrected chi connectivity index (χ2v) is 13.1. The van der Waals surface area contributed by atoms with Gasteiger partial charge in [-0.15, -0.1) is 11.8 Å². The number of hydrogen-bond donors (Lipinski definition) is 1. The van der Waals surface area contributed by atoms with Crippen LogP contribution in [0.25, 0.3) is 0 Å². The SMILES string of the molecule is O=C1CCC(N2Cc3c(SCCCCCCCCN4CCN(CC5CC(F)(F)C5)CC4)cccc3C2=O)C(=O)N1. The summed E-state index contributed by atoms with van der Waals surface area (Å²) in [6.07, 6.45) is 8.08. The van der Waals surface area contributed by atoms with Gasteiger partial charge in [-0.25, -0.2) is 8.78 Å². The lowest BCUT2D eigenvalue weighted by atomic mass is 9.81. The third-order valence-corrected chi connectivity index (χ3v) is 10.0. The summed E-state index contributed by atoms with van der Waals surface area (Å²) in [4.78, 5) is 44.4. The van der Waals surface area contributed by atoms with Crippen LogP contribution in [-0.2, 0) is 16.1 Å². The Balaban J connectivity index is 0.917. The number of piperidine rings is 1. The minimum absolute atomic E-state index is 0.0758. The molecular weight excluding hydrogens is 534 g/mol. The molecule has 10 heteroatoms. The number of unbranched alkanes of at least 4 members (excludes halogenated alkanes) is 5. The molecular formula is C30H42F2N4O3S. The van der Waals surface area contributed by atoms with E-state index in [0.29, 0.717) is 18.5 Å². The number of halogens is 2. The van der Waals surface area contributed by atoms with Crippen molar-refractivity contribution in [1.29, 1.82) is 0 Å². The van der Waals surface area contributed by atoms with Crippen molar-refractivity contribution in [2.45, 2.75) is 87.6 Å². The molecule has 1 atom stereocenters. The van der Waals surface area contributed by atoms with E-state index in [9.17, 15) is 23.2 Å². The number of hydrogen-bond acceptors (Lipinski definition) is 6. The van der Waals surface area contributed by atoms with Crippen molar-refractivity contribution in [2.75, 3.05) is 45.0 Å². The van der Waals surface area contributed by atoms with Crippen LogP contribution in [0.3, 0.4) is 0 Å². The lowest BCUT2D eigenvalue weighted by molar-refractivity contribution is -0.136. The quantitative estimate of drug-likeness (QED) is 0.211. The number of carbonyl (C=O) groups is 3. The third-order valence-electron chi connectivity index (χ3n) is 8.82. The van der Waals surface area contributed by atoms with Gasteiger partial charge in [0.2, 0.25) is 17.7 Å². The molecule has 0 bridgehead atoms. The van der Waals surface area contributed by atoms with Crippen LogP contribution in [0.5, 0.6) is 0 Å². The first-order chi connectivity index (χ1) is 19.3. The van der Waals surface area contributed by atoms with Crippen molar-refractivity contribution in [3.63, 3.8) is 0 Å². The van der Waals surface area contributed by atoms with Crippen LogP contribution in [0.2, 0.25) is 0 Å². The Morgan fingerprint density at radius 1 is 0.925 bits per heavy atom. The van der Waals surface area contributed by atoms with E-state index in [1.54, 1.807) is 16.7 Å². The van der Waals surface area contributed by atoms with Crippen molar-refractivity contribution in [1.82, 2.24) is 20.0 Å². The molecule has 5 rings (SSSR count). The molecule has 3 amide bonds. The Hall–Kier alpha value is -2.04. The molecule has 1 saturated carbocycles. The van der Waals surface area contributed by atoms with Crippen molar-refractivity contribution < 1.29 is 23.2 Å². The van der Waals surface area contributed by atoms with Gasteiger partial charge in [0.05, 0.1) is 0 Å². The van der Waals surface area contributed by atoms with Crippen molar-refractivity contribution in [3.8, 4) is 0 Å². The lowest BCUT2D eigenvalue weighted by Gasteiger charge is -2.41. The van der Waals surface area contributed by atoms with Gasteiger partial charge in [0.15, 0.2) is 0 Å². The van der Waals surface area contributed by atoms with Gasteiger partial charge < -0.3 is 14.7 Å². The number of piperazine rings is 1. The molecule has 40 heavy (non-hydrogen) atoms. The molecule has 1 unspecified atom stereocenters. The fraction of sp³-hybridized carbons (Fsp3) is 0.700. The first-order valence-corrected chi connectivity index (χ1v) is 16.0. The van der Waals surface area contributed by atoms with Gasteiger partial charge in [0, 0.05) is 69.0 Å². The summed E-state index contributed by atoms with van der Waals surface area (Å²) in [7, 11) is 0. The van der Waals surface area contributed by atoms with E-state index in [2.05, 4.69) is 21.2 Å². The van der Waals surface area contributed by atoms with Crippen LogP contribution in [0, 0.1) is 5.92 Å². The second kappa shape index (κ2) is 13.3. The lowest BCUT2D eigenvalue weighted by Crippen LogP contribution is -2.52. The summed E-state index contributed by atoms with van der Waals surface area (Å²) in [6.45, 7) is 6.53. The average Bonchev–Trinajstić information content (AvgIpc) is 3.24. The zero-order valence-corrected chi connectivity index (χ0v) is 24.2. The number of fused-ring (bicyclic) bond motifs is 1. The summed E-state index contributed by atoms with van der Waals surface area (Å²) in [5.74, 6) is -1.97. The van der Waals surface area contributed by atoms with E-state index >= 15 is 0 Å². The fourth-order valence-corrected chi connectivity index (χ4v) is 7.59. The predicted molar refractivity (Wildman–Crippen MR) is 151 cm³/mol. The summed E-state index contributed by atoms with van der Waals surface area (Å²) in [5, 5.41) is 2.36. The number of thioether (sulfide) groups is 1. The van der Waals surface area contributed by atoms with Crippen LogP contribution in [0.1, 0.15) is 80.1 Å². The standard InChI is InChI=1S/C30H42F2N4O3S/c31-30(32)18-22(19-30)20-35-15-13-34(14-16-35)12-5-3-1-2-4-6-17-40-26-9-7-8-23-24(26)21-36(29(23)39)25-10-11-27(37)33-28(25)38/h7-9,22,25H,1-6,10-21H2,(H,33,37,38). The molecule has 4 aliphatic rings. The number of nitrogens with zero attached hydrogens (tertiary/aromatic N) is 3. The number of carbonyl (C=O) groups excluding carboxylic acids is 3. The molecule has 3 heterocycles. The predicted octanol–water partition coefficient (Wildman–Crippen LogP) is 4.54. The number of rotatable bonds is 13. The number of benzene rings is 1. The molecule has 1 aromatic carbocycles. The van der Waals surface area contributed by atoms with E-state index < -0.39 is 12.0 Å². The maximum Gasteiger partial charge on any atom is 0.255 e. The minimum atomic E-state index is -2.40. The highest BCUT2D eigenvalue weighted by atomic mass is 32.2. The van der Waals surface area contributed by atoms with Crippen molar-refractivity contribution in [3.05, 3.63) is 29.3 Å². The molecule has 1 aliphatic carbocycles. The number of amides is 3. The Morgan fingerprint density at radius 3 is 2.35 bits per heavy atom. The van der Waals surface area contributed by atoms with E-state index in [1.165, 1.54) is 32.1 Å². The smallest absolute Gasteiger partial charge is 0.255 e. The maximum atomic E-state index is 13.0. The highest BCUT2D eigenvalue weighted by molar-refractivity contribution is 7.99. The molecule has 1 aromatic rings. The Labute approximate surface area is 240 Å². The number of nitrogens with one attached hydrogen (secondary N) is 1. The summed E-state index contributed by atoms with van der Waals surface area (Å²) >= 11 is 1.79. The van der Waals surface area contributed by atoms with Gasteiger partial charge in [-0.05, 0) is 55.2 Å². The molecule has 220 valence electrons. The molecule has 0 aromatic heterocycles. The van der Waals surface area contributed by atoms with Crippen LogP contribution in [-0.4, -0.2) is 89.4 Å². The number of imide groups is 1. The van der Waals surface area contributed by atoms with Gasteiger partial charge in [-0.2, -0.15) is 0 Å². The zero-order chi connectivity index (χ0) is 28.1. The van der Waals surface area contributed by atoms with E-state index in [4.69, 9.17) is 0 Å². The normalized spacial score (nSPS) is 23.8. The van der Waals surface area contributed by atoms with E-state index in [-0.39, 0.29) is 42.9 Å². The van der Waals surface area contributed by atoms with Crippen molar-refractivity contribution >= 4 is 29.5 Å². The molecule has 0 radical (unpaired) electrons. The second-order valence-electron chi connectivity index (χ2n) is 11.9. The van der Waals surface area contributed by atoms with Gasteiger partial charge in [-0.3, -0.25) is 19.7 Å². The third kappa shape index (κ3) is 7.42. The Kier molecular flexibility index (Phi) is 9.79. The molecule has 7 nitrogen and oxygen atoms in total. The van der Waals surface area contributed by atoms with Crippen LogP contribution < -0.4 is 5.32 Å². The van der Waals surface area contributed by atoms with Crippen LogP contribution >= 0.6 is 11.8 Å². The maximum absolute atomic E-state index is 13.0. The van der Waals surface area contributed by atoms with Gasteiger partial charge >= 0.3 is 0 Å². The van der Waals surface area contributed by atoms with Crippen molar-refractivity contribution in [2.24, 2.45) is 5.92 Å². The molecule has 2 saturated heterocycles. The van der Waals surface area contributed by atoms with Crippen LogP contribution in [0.15, 0.2) is 23.1 Å². The first kappa shape index (κ1) is 29.5. The van der Waals surface area contributed by atoms with Gasteiger partial charge in [-0.1, -0.05) is 31.7 Å². The summed E-state index contributed by atoms with van der Waals surface area (Å²) in [6, 6.07) is 5.25. The largest absolute Gasteiger partial charge is 0.322 e. The Morgan fingerprint density at radius 2 is 1.62 bits per heavy atom. The van der Waals surface area contributed by atoms with Crippen LogP contribution in [0.4, 0.5) is 8.78 Å². The monoisotopic (exact) mass is 576 g/mol. The molecule has 3 fully saturated rings. The molecule has 0 spiro atoms. The minimum Gasteiger partial charge on any atom is -0.322 e. The highest BCUT2D eigenvalue weighted by Crippen LogP contribution is 2.42. The topological polar surface area (TPSA) is 73.0 Å². The summed E-state index contributed by atoms with van der Waals surface area (Å²) < 4.78 is 26.1.